The number of carbonyl (C=O) groups excluding carboxylic acids is 1. The molecule has 0 aromatic heterocycles. The SMILES string of the molecule is COc1cccc(C(=O)NC2CC=CCC2)c1O. The molecule has 2 N–H and O–H groups in total. The van der Waals surface area contributed by atoms with Gasteiger partial charge < -0.3 is 15.2 Å². The Balaban J connectivity index is 2.11. The van der Waals surface area contributed by atoms with E-state index < -0.39 is 0 Å². The lowest BCUT2D eigenvalue weighted by molar-refractivity contribution is 0.0931. The average Bonchev–Trinajstić information content (AvgIpc) is 2.40. The van der Waals surface area contributed by atoms with Gasteiger partial charge in [-0.25, -0.2) is 0 Å². The van der Waals surface area contributed by atoms with Gasteiger partial charge in [0.15, 0.2) is 11.5 Å². The van der Waals surface area contributed by atoms with E-state index in [0.29, 0.717) is 5.75 Å². The number of hydrogen-bond acceptors (Lipinski definition) is 3. The molecule has 4 heteroatoms. The molecule has 0 bridgehead atoms. The van der Waals surface area contributed by atoms with Crippen LogP contribution in [0.3, 0.4) is 0 Å². The van der Waals surface area contributed by atoms with Crippen molar-refractivity contribution in [3.63, 3.8) is 0 Å². The predicted octanol–water partition coefficient (Wildman–Crippen LogP) is 2.24. The number of rotatable bonds is 3. The smallest absolute Gasteiger partial charge is 0.255 e. The van der Waals surface area contributed by atoms with Crippen LogP contribution in [0.25, 0.3) is 0 Å². The molecule has 0 saturated heterocycles. The summed E-state index contributed by atoms with van der Waals surface area (Å²) in [4.78, 5) is 12.1. The number of para-hydroxylation sites is 1. The maximum atomic E-state index is 12.1. The summed E-state index contributed by atoms with van der Waals surface area (Å²) in [6.45, 7) is 0. The molecule has 96 valence electrons. The summed E-state index contributed by atoms with van der Waals surface area (Å²) >= 11 is 0. The molecule has 0 heterocycles. The van der Waals surface area contributed by atoms with E-state index in [9.17, 15) is 9.90 Å². The van der Waals surface area contributed by atoms with E-state index in [4.69, 9.17) is 4.74 Å². The summed E-state index contributed by atoms with van der Waals surface area (Å²) in [5.74, 6) is -0.0539. The second-order valence-corrected chi connectivity index (χ2v) is 4.31. The Labute approximate surface area is 106 Å². The van der Waals surface area contributed by atoms with Crippen LogP contribution in [0.1, 0.15) is 29.6 Å². The van der Waals surface area contributed by atoms with Crippen molar-refractivity contribution in [2.45, 2.75) is 25.3 Å². The van der Waals surface area contributed by atoms with Crippen LogP contribution in [0, 0.1) is 0 Å². The summed E-state index contributed by atoms with van der Waals surface area (Å²) in [6, 6.07) is 5.04. The van der Waals surface area contributed by atoms with E-state index >= 15 is 0 Å². The summed E-state index contributed by atoms with van der Waals surface area (Å²) in [5.41, 5.74) is 0.254. The third-order valence-corrected chi connectivity index (χ3v) is 3.07. The first-order valence-corrected chi connectivity index (χ1v) is 6.04. The lowest BCUT2D eigenvalue weighted by atomic mass is 10.0. The number of aromatic hydroxyl groups is 1. The quantitative estimate of drug-likeness (QED) is 0.805. The fourth-order valence-electron chi connectivity index (χ4n) is 2.06. The molecule has 1 amide bonds. The third-order valence-electron chi connectivity index (χ3n) is 3.07. The molecule has 18 heavy (non-hydrogen) atoms. The maximum Gasteiger partial charge on any atom is 0.255 e. The second kappa shape index (κ2) is 5.58. The molecule has 1 aliphatic carbocycles. The molecular weight excluding hydrogens is 230 g/mol. The van der Waals surface area contributed by atoms with E-state index in [1.54, 1.807) is 18.2 Å². The number of benzene rings is 1. The predicted molar refractivity (Wildman–Crippen MR) is 68.9 cm³/mol. The Morgan fingerprint density at radius 1 is 1.44 bits per heavy atom. The van der Waals surface area contributed by atoms with E-state index in [1.165, 1.54) is 7.11 Å². The number of ether oxygens (including phenoxy) is 1. The van der Waals surface area contributed by atoms with Crippen LogP contribution in [0.5, 0.6) is 11.5 Å². The molecule has 0 radical (unpaired) electrons. The first kappa shape index (κ1) is 12.5. The zero-order valence-electron chi connectivity index (χ0n) is 10.3. The van der Waals surface area contributed by atoms with Crippen molar-refractivity contribution < 1.29 is 14.6 Å². The molecule has 0 aliphatic heterocycles. The highest BCUT2D eigenvalue weighted by Crippen LogP contribution is 2.29. The van der Waals surface area contributed by atoms with Crippen molar-refractivity contribution in [2.24, 2.45) is 0 Å². The Kier molecular flexibility index (Phi) is 3.87. The molecular formula is C14H17NO3. The number of phenols is 1. The van der Waals surface area contributed by atoms with Gasteiger partial charge in [-0.3, -0.25) is 4.79 Å². The van der Waals surface area contributed by atoms with Gasteiger partial charge >= 0.3 is 0 Å². The fraction of sp³-hybridized carbons (Fsp3) is 0.357. The minimum absolute atomic E-state index is 0.108. The summed E-state index contributed by atoms with van der Waals surface area (Å²) in [6.07, 6.45) is 6.95. The van der Waals surface area contributed by atoms with Crippen molar-refractivity contribution in [1.29, 1.82) is 0 Å². The van der Waals surface area contributed by atoms with Crippen molar-refractivity contribution in [3.05, 3.63) is 35.9 Å². The molecule has 2 rings (SSSR count). The van der Waals surface area contributed by atoms with Gasteiger partial charge in [-0.1, -0.05) is 18.2 Å². The highest BCUT2D eigenvalue weighted by Gasteiger charge is 2.18. The van der Waals surface area contributed by atoms with E-state index in [0.717, 1.165) is 19.3 Å². The van der Waals surface area contributed by atoms with Gasteiger partial charge in [0, 0.05) is 6.04 Å². The monoisotopic (exact) mass is 247 g/mol. The topological polar surface area (TPSA) is 58.6 Å². The average molecular weight is 247 g/mol. The number of amides is 1. The molecule has 1 aliphatic rings. The minimum atomic E-state index is -0.258. The summed E-state index contributed by atoms with van der Waals surface area (Å²) < 4.78 is 4.98. The highest BCUT2D eigenvalue weighted by atomic mass is 16.5. The van der Waals surface area contributed by atoms with Crippen LogP contribution in [-0.2, 0) is 0 Å². The first-order chi connectivity index (χ1) is 8.72. The second-order valence-electron chi connectivity index (χ2n) is 4.31. The number of nitrogens with one attached hydrogen (secondary N) is 1. The van der Waals surface area contributed by atoms with Crippen molar-refractivity contribution in [2.75, 3.05) is 7.11 Å². The number of carbonyl (C=O) groups is 1. The molecule has 0 fully saturated rings. The Morgan fingerprint density at radius 3 is 2.94 bits per heavy atom. The van der Waals surface area contributed by atoms with Crippen molar-refractivity contribution in [3.8, 4) is 11.5 Å². The number of methoxy groups -OCH3 is 1. The number of phenolic OH excluding ortho intramolecular Hbond substituents is 1. The van der Waals surface area contributed by atoms with Crippen LogP contribution in [0.2, 0.25) is 0 Å². The van der Waals surface area contributed by atoms with Crippen molar-refractivity contribution in [1.82, 2.24) is 5.32 Å². The van der Waals surface area contributed by atoms with Gasteiger partial charge in [-0.15, -0.1) is 0 Å². The molecule has 1 atom stereocenters. The number of hydrogen-bond donors (Lipinski definition) is 2. The van der Waals surface area contributed by atoms with Crippen LogP contribution in [-0.4, -0.2) is 24.2 Å². The van der Waals surface area contributed by atoms with E-state index in [2.05, 4.69) is 17.5 Å². The van der Waals surface area contributed by atoms with Gasteiger partial charge in [-0.05, 0) is 31.4 Å². The van der Waals surface area contributed by atoms with Gasteiger partial charge in [-0.2, -0.15) is 0 Å². The van der Waals surface area contributed by atoms with Crippen LogP contribution in [0.4, 0.5) is 0 Å². The Morgan fingerprint density at radius 2 is 2.28 bits per heavy atom. The molecule has 1 unspecified atom stereocenters. The molecule has 4 nitrogen and oxygen atoms in total. The molecule has 1 aromatic rings. The van der Waals surface area contributed by atoms with Gasteiger partial charge in [0.05, 0.1) is 12.7 Å². The lowest BCUT2D eigenvalue weighted by Crippen LogP contribution is -2.35. The zero-order chi connectivity index (χ0) is 13.0. The van der Waals surface area contributed by atoms with Crippen LogP contribution < -0.4 is 10.1 Å². The van der Waals surface area contributed by atoms with Gasteiger partial charge in [0.1, 0.15) is 0 Å². The van der Waals surface area contributed by atoms with Crippen LogP contribution in [0.15, 0.2) is 30.4 Å². The Hall–Kier alpha value is -1.97. The van der Waals surface area contributed by atoms with Crippen LogP contribution >= 0.6 is 0 Å². The largest absolute Gasteiger partial charge is 0.504 e. The first-order valence-electron chi connectivity index (χ1n) is 6.04. The Bertz CT molecular complexity index is 468. The molecule has 0 spiro atoms. The number of allylic oxidation sites excluding steroid dienone is 1. The third kappa shape index (κ3) is 2.64. The van der Waals surface area contributed by atoms with Gasteiger partial charge in [0.2, 0.25) is 0 Å². The maximum absolute atomic E-state index is 12.1. The minimum Gasteiger partial charge on any atom is -0.504 e. The summed E-state index contributed by atoms with van der Waals surface area (Å²) in [5, 5.41) is 12.8. The van der Waals surface area contributed by atoms with Gasteiger partial charge in [0.25, 0.3) is 5.91 Å². The molecule has 0 saturated carbocycles. The lowest BCUT2D eigenvalue weighted by Gasteiger charge is -2.19. The fourth-order valence-corrected chi connectivity index (χ4v) is 2.06. The summed E-state index contributed by atoms with van der Waals surface area (Å²) in [7, 11) is 1.46. The normalized spacial score (nSPS) is 18.4. The zero-order valence-corrected chi connectivity index (χ0v) is 10.3. The molecule has 1 aromatic carbocycles. The van der Waals surface area contributed by atoms with E-state index in [1.807, 2.05) is 0 Å². The standard InChI is InChI=1S/C14H17NO3/c1-18-12-9-5-8-11(13(12)16)14(17)15-10-6-3-2-4-7-10/h2-3,5,8-10,16H,4,6-7H2,1H3,(H,15,17). The van der Waals surface area contributed by atoms with E-state index in [-0.39, 0.29) is 23.3 Å². The van der Waals surface area contributed by atoms with Crippen molar-refractivity contribution >= 4 is 5.91 Å². The highest BCUT2D eigenvalue weighted by molar-refractivity contribution is 5.97.